The van der Waals surface area contributed by atoms with E-state index < -0.39 is 0 Å². The van der Waals surface area contributed by atoms with Crippen molar-refractivity contribution >= 4 is 11.3 Å². The molecule has 0 aromatic carbocycles. The maximum Gasteiger partial charge on any atom is 0.212 e. The average molecular weight is 516 g/mol. The molecule has 10 nitrogen and oxygen atoms in total. The maximum absolute atomic E-state index is 9.56. The lowest BCUT2D eigenvalue weighted by atomic mass is 10.1. The van der Waals surface area contributed by atoms with Crippen LogP contribution in [0.3, 0.4) is 0 Å². The van der Waals surface area contributed by atoms with E-state index in [1.165, 1.54) is 11.8 Å². The Morgan fingerprint density at radius 2 is 1.84 bits per heavy atom. The van der Waals surface area contributed by atoms with Crippen molar-refractivity contribution in [3.63, 3.8) is 0 Å². The van der Waals surface area contributed by atoms with Crippen LogP contribution in [0.25, 0.3) is 16.6 Å². The number of hydrogen-bond acceptors (Lipinski definition) is 9. The molecule has 1 N–H and O–H groups in total. The second kappa shape index (κ2) is 12.9. The summed E-state index contributed by atoms with van der Waals surface area (Å²) in [5.74, 6) is 2.11. The van der Waals surface area contributed by atoms with Gasteiger partial charge in [0, 0.05) is 62.3 Å². The molecule has 1 fully saturated rings. The van der Waals surface area contributed by atoms with Gasteiger partial charge in [-0.3, -0.25) is 4.90 Å². The number of aromatic nitrogens is 4. The number of ether oxygens (including phenoxy) is 2. The Morgan fingerprint density at radius 1 is 1.03 bits per heavy atom. The Bertz CT molecular complexity index is 1360. The van der Waals surface area contributed by atoms with E-state index in [1.807, 2.05) is 50.5 Å². The summed E-state index contributed by atoms with van der Waals surface area (Å²) in [5.41, 5.74) is 4.01. The summed E-state index contributed by atoms with van der Waals surface area (Å²) in [7, 11) is 1.62. The lowest BCUT2D eigenvalue weighted by Gasteiger charge is -2.35. The number of pyridine rings is 3. The molecule has 4 aromatic heterocycles. The topological polar surface area (TPSA) is 112 Å². The van der Waals surface area contributed by atoms with Crippen molar-refractivity contribution in [1.29, 1.82) is 5.26 Å². The Labute approximate surface area is 222 Å². The molecule has 5 rings (SSSR count). The maximum atomic E-state index is 9.56. The Hall–Kier alpha value is -4.20. The number of anilines is 1. The first-order valence-corrected chi connectivity index (χ1v) is 12.8. The van der Waals surface area contributed by atoms with E-state index in [9.17, 15) is 5.26 Å². The zero-order valence-electron chi connectivity index (χ0n) is 22.0. The minimum Gasteiger partial charge on any atom is -0.490 e. The van der Waals surface area contributed by atoms with Gasteiger partial charge in [-0.05, 0) is 23.8 Å². The average Bonchev–Trinajstić information content (AvgIpc) is 3.41. The van der Waals surface area contributed by atoms with E-state index in [0.29, 0.717) is 22.7 Å². The molecule has 0 atom stereocenters. The van der Waals surface area contributed by atoms with Crippen molar-refractivity contribution in [1.82, 2.24) is 24.5 Å². The molecule has 0 unspecified atom stereocenters. The first kappa shape index (κ1) is 26.9. The largest absolute Gasteiger partial charge is 0.490 e. The molecule has 1 aliphatic heterocycles. The zero-order chi connectivity index (χ0) is 26.9. The first-order valence-electron chi connectivity index (χ1n) is 12.8. The molecule has 0 radical (unpaired) electrons. The molecule has 4 aromatic rings. The normalized spacial score (nSPS) is 13.5. The van der Waals surface area contributed by atoms with Crippen molar-refractivity contribution < 1.29 is 14.6 Å². The van der Waals surface area contributed by atoms with Crippen LogP contribution in [0, 0.1) is 11.3 Å². The van der Waals surface area contributed by atoms with Gasteiger partial charge in [0.2, 0.25) is 5.88 Å². The van der Waals surface area contributed by atoms with Crippen LogP contribution in [-0.4, -0.2) is 76.1 Å². The number of rotatable bonds is 8. The molecule has 0 spiro atoms. The van der Waals surface area contributed by atoms with Gasteiger partial charge in [-0.25, -0.2) is 14.5 Å². The summed E-state index contributed by atoms with van der Waals surface area (Å²) in [5, 5.41) is 23.0. The van der Waals surface area contributed by atoms with Crippen LogP contribution in [0.5, 0.6) is 11.6 Å². The van der Waals surface area contributed by atoms with Crippen molar-refractivity contribution in [3.05, 3.63) is 66.2 Å². The van der Waals surface area contributed by atoms with E-state index in [0.717, 1.165) is 49.7 Å². The quantitative estimate of drug-likeness (QED) is 0.377. The minimum absolute atomic E-state index is 0.0869. The summed E-state index contributed by atoms with van der Waals surface area (Å²) in [4.78, 5) is 13.7. The highest BCUT2D eigenvalue weighted by molar-refractivity contribution is 5.85. The van der Waals surface area contributed by atoms with Gasteiger partial charge in [0.25, 0.3) is 0 Å². The van der Waals surface area contributed by atoms with E-state index in [1.54, 1.807) is 17.8 Å². The lowest BCUT2D eigenvalue weighted by molar-refractivity contribution is 0.201. The number of piperazine rings is 1. The number of nitrogens with zero attached hydrogens (tertiary/aromatic N) is 7. The minimum atomic E-state index is -0.0869. The van der Waals surface area contributed by atoms with Crippen LogP contribution in [-0.2, 0) is 6.54 Å². The highest BCUT2D eigenvalue weighted by Gasteiger charge is 2.19. The Balaban J connectivity index is 0.00000164. The molecule has 0 aliphatic carbocycles. The monoisotopic (exact) mass is 515 g/mol. The van der Waals surface area contributed by atoms with E-state index in [2.05, 4.69) is 32.0 Å². The van der Waals surface area contributed by atoms with Gasteiger partial charge < -0.3 is 19.5 Å². The summed E-state index contributed by atoms with van der Waals surface area (Å²) in [6.45, 7) is 8.57. The fourth-order valence-electron chi connectivity index (χ4n) is 4.39. The molecule has 1 aliphatic rings. The summed E-state index contributed by atoms with van der Waals surface area (Å²) in [6, 6.07) is 12.0. The molecule has 5 heterocycles. The fourth-order valence-corrected chi connectivity index (χ4v) is 4.39. The molecular weight excluding hydrogens is 482 g/mol. The van der Waals surface area contributed by atoms with E-state index >= 15 is 0 Å². The third-order valence-corrected chi connectivity index (χ3v) is 6.24. The first-order chi connectivity index (χ1) is 18.7. The van der Waals surface area contributed by atoms with Gasteiger partial charge in [-0.15, -0.1) is 0 Å². The lowest BCUT2D eigenvalue weighted by Crippen LogP contribution is -2.46. The highest BCUT2D eigenvalue weighted by atomic mass is 16.5. The molecular formula is C28H33N7O3. The second-order valence-corrected chi connectivity index (χ2v) is 8.50. The Morgan fingerprint density at radius 3 is 2.47 bits per heavy atom. The number of aliphatic hydroxyl groups excluding tert-OH is 1. The van der Waals surface area contributed by atoms with Gasteiger partial charge >= 0.3 is 0 Å². The van der Waals surface area contributed by atoms with Crippen LogP contribution in [0.4, 0.5) is 5.82 Å². The molecule has 0 amide bonds. The second-order valence-electron chi connectivity index (χ2n) is 8.50. The standard InChI is InChI=1S/C26H27N7O3.C2H6/c1-35-25-5-2-19(14-29-25)17-31-6-8-32(9-7-31)24-4-3-20(15-28-24)23-12-22(36-11-10-34)18-33-26(23)21(13-27)16-30-33;1-2/h2-5,12,14-16,18,34H,6-11,17H2,1H3;1-2H3. The zero-order valence-corrected chi connectivity index (χ0v) is 22.0. The molecule has 198 valence electrons. The van der Waals surface area contributed by atoms with Crippen LogP contribution in [0.15, 0.2) is 55.1 Å². The van der Waals surface area contributed by atoms with Gasteiger partial charge in [0.05, 0.1) is 37.2 Å². The van der Waals surface area contributed by atoms with Crippen molar-refractivity contribution in [2.45, 2.75) is 20.4 Å². The fraction of sp³-hybridized carbons (Fsp3) is 0.357. The van der Waals surface area contributed by atoms with Gasteiger partial charge in [-0.1, -0.05) is 19.9 Å². The van der Waals surface area contributed by atoms with Gasteiger partial charge in [0.15, 0.2) is 0 Å². The molecule has 0 bridgehead atoms. The number of fused-ring (bicyclic) bond motifs is 1. The Kier molecular flexibility index (Phi) is 9.08. The predicted octanol–water partition coefficient (Wildman–Crippen LogP) is 3.39. The van der Waals surface area contributed by atoms with Crippen LogP contribution in [0.1, 0.15) is 25.0 Å². The summed E-state index contributed by atoms with van der Waals surface area (Å²) >= 11 is 0. The van der Waals surface area contributed by atoms with Crippen LogP contribution in [0.2, 0.25) is 0 Å². The smallest absolute Gasteiger partial charge is 0.212 e. The van der Waals surface area contributed by atoms with Crippen molar-refractivity contribution in [2.24, 2.45) is 0 Å². The van der Waals surface area contributed by atoms with E-state index in [-0.39, 0.29) is 13.2 Å². The van der Waals surface area contributed by atoms with E-state index in [4.69, 9.17) is 19.6 Å². The summed E-state index contributed by atoms with van der Waals surface area (Å²) in [6.07, 6.45) is 6.94. The number of aliphatic hydroxyl groups is 1. The number of hydrogen-bond donors (Lipinski definition) is 1. The van der Waals surface area contributed by atoms with Crippen LogP contribution >= 0.6 is 0 Å². The number of nitriles is 1. The predicted molar refractivity (Wildman–Crippen MR) is 145 cm³/mol. The van der Waals surface area contributed by atoms with Crippen molar-refractivity contribution in [3.8, 4) is 28.8 Å². The highest BCUT2D eigenvalue weighted by Crippen LogP contribution is 2.31. The molecule has 10 heteroatoms. The van der Waals surface area contributed by atoms with Crippen LogP contribution < -0.4 is 14.4 Å². The molecule has 1 saturated heterocycles. The SMILES string of the molecule is CC.COc1ccc(CN2CCN(c3ccc(-c4cc(OCCO)cn5ncc(C#N)c45)cn3)CC2)cn1. The number of methoxy groups -OCH3 is 1. The molecule has 38 heavy (non-hydrogen) atoms. The summed E-state index contributed by atoms with van der Waals surface area (Å²) < 4.78 is 12.4. The third-order valence-electron chi connectivity index (χ3n) is 6.24. The van der Waals surface area contributed by atoms with Gasteiger partial charge in [-0.2, -0.15) is 10.4 Å². The third kappa shape index (κ3) is 6.02. The molecule has 0 saturated carbocycles. The van der Waals surface area contributed by atoms with Gasteiger partial charge in [0.1, 0.15) is 24.2 Å². The van der Waals surface area contributed by atoms with Crippen molar-refractivity contribution in [2.75, 3.05) is 51.4 Å².